The molecule has 2 heterocycles. The van der Waals surface area contributed by atoms with Crippen LogP contribution in [0.2, 0.25) is 0 Å². The zero-order valence-electron chi connectivity index (χ0n) is 7.98. The second-order valence-electron chi connectivity index (χ2n) is 3.04. The predicted octanol–water partition coefficient (Wildman–Crippen LogP) is 2.57. The SMILES string of the molecule is CCc1nc2c(Br)cccn2c1[N+](=O)[O-]. The van der Waals surface area contributed by atoms with Crippen LogP contribution in [0.3, 0.4) is 0 Å². The van der Waals surface area contributed by atoms with Crippen molar-refractivity contribution in [2.45, 2.75) is 13.3 Å². The molecule has 0 aromatic carbocycles. The summed E-state index contributed by atoms with van der Waals surface area (Å²) in [4.78, 5) is 14.7. The quantitative estimate of drug-likeness (QED) is 0.622. The van der Waals surface area contributed by atoms with Crippen LogP contribution in [0.25, 0.3) is 5.65 Å². The second kappa shape index (κ2) is 3.62. The minimum Gasteiger partial charge on any atom is -0.358 e. The third-order valence-electron chi connectivity index (χ3n) is 2.15. The van der Waals surface area contributed by atoms with Gasteiger partial charge in [-0.3, -0.25) is 0 Å². The van der Waals surface area contributed by atoms with Crippen LogP contribution in [-0.2, 0) is 6.42 Å². The molecule has 0 atom stereocenters. The molecule has 0 amide bonds. The fraction of sp³-hybridized carbons (Fsp3) is 0.222. The number of hydrogen-bond acceptors (Lipinski definition) is 3. The van der Waals surface area contributed by atoms with Gasteiger partial charge in [-0.25, -0.2) is 4.98 Å². The molecule has 0 aliphatic heterocycles. The third kappa shape index (κ3) is 1.50. The number of nitro groups is 1. The molecule has 2 aromatic heterocycles. The standard InChI is InChI=1S/C9H8BrN3O2/c1-2-7-9(13(14)15)12-5-3-4-6(10)8(12)11-7/h3-5H,2H2,1H3. The molecule has 2 aromatic rings. The number of aryl methyl sites for hydroxylation is 1. The van der Waals surface area contributed by atoms with Crippen molar-refractivity contribution in [3.8, 4) is 0 Å². The Morgan fingerprint density at radius 1 is 1.67 bits per heavy atom. The van der Waals surface area contributed by atoms with Crippen molar-refractivity contribution in [2.75, 3.05) is 0 Å². The summed E-state index contributed by atoms with van der Waals surface area (Å²) in [6, 6.07) is 3.55. The molecule has 0 aliphatic rings. The van der Waals surface area contributed by atoms with Crippen molar-refractivity contribution in [1.82, 2.24) is 9.38 Å². The molecule has 0 unspecified atom stereocenters. The average Bonchev–Trinajstić information content (AvgIpc) is 2.57. The van der Waals surface area contributed by atoms with Crippen molar-refractivity contribution in [3.05, 3.63) is 38.6 Å². The minimum atomic E-state index is -0.398. The number of aromatic nitrogens is 2. The van der Waals surface area contributed by atoms with E-state index in [2.05, 4.69) is 20.9 Å². The van der Waals surface area contributed by atoms with Crippen LogP contribution in [0.15, 0.2) is 22.8 Å². The van der Waals surface area contributed by atoms with Gasteiger partial charge in [0, 0.05) is 0 Å². The Morgan fingerprint density at radius 3 is 3.00 bits per heavy atom. The molecule has 0 N–H and O–H groups in total. The molecular formula is C9H8BrN3O2. The number of hydrogen-bond donors (Lipinski definition) is 0. The first-order valence-electron chi connectivity index (χ1n) is 4.45. The van der Waals surface area contributed by atoms with Crippen LogP contribution in [-0.4, -0.2) is 14.3 Å². The van der Waals surface area contributed by atoms with Gasteiger partial charge in [0.1, 0.15) is 5.69 Å². The fourth-order valence-electron chi connectivity index (χ4n) is 1.50. The van der Waals surface area contributed by atoms with E-state index in [-0.39, 0.29) is 5.82 Å². The first-order chi connectivity index (χ1) is 7.15. The van der Waals surface area contributed by atoms with Gasteiger partial charge in [-0.15, -0.1) is 0 Å². The number of fused-ring (bicyclic) bond motifs is 1. The molecule has 2 rings (SSSR count). The van der Waals surface area contributed by atoms with Crippen molar-refractivity contribution >= 4 is 27.4 Å². The molecule has 5 nitrogen and oxygen atoms in total. The lowest BCUT2D eigenvalue weighted by atomic mass is 10.3. The fourth-order valence-corrected chi connectivity index (χ4v) is 1.93. The summed E-state index contributed by atoms with van der Waals surface area (Å²) in [6.07, 6.45) is 2.19. The Morgan fingerprint density at radius 2 is 2.40 bits per heavy atom. The Balaban J connectivity index is 2.86. The number of imidazole rings is 1. The Labute approximate surface area is 94.0 Å². The molecule has 0 bridgehead atoms. The van der Waals surface area contributed by atoms with Gasteiger partial charge in [0.05, 0.1) is 10.7 Å². The third-order valence-corrected chi connectivity index (χ3v) is 2.77. The monoisotopic (exact) mass is 269 g/mol. The largest absolute Gasteiger partial charge is 0.358 e. The van der Waals surface area contributed by atoms with Gasteiger partial charge in [-0.1, -0.05) is 6.92 Å². The highest BCUT2D eigenvalue weighted by Gasteiger charge is 2.21. The lowest BCUT2D eigenvalue weighted by Crippen LogP contribution is -1.96. The minimum absolute atomic E-state index is 0.0498. The smallest absolute Gasteiger partial charge is 0.351 e. The van der Waals surface area contributed by atoms with E-state index < -0.39 is 4.92 Å². The van der Waals surface area contributed by atoms with Crippen LogP contribution in [0.4, 0.5) is 5.82 Å². The van der Waals surface area contributed by atoms with E-state index in [0.717, 1.165) is 4.47 Å². The normalized spacial score (nSPS) is 10.8. The zero-order valence-corrected chi connectivity index (χ0v) is 9.56. The lowest BCUT2D eigenvalue weighted by Gasteiger charge is -1.95. The predicted molar refractivity (Wildman–Crippen MR) is 58.9 cm³/mol. The average molecular weight is 270 g/mol. The lowest BCUT2D eigenvalue weighted by molar-refractivity contribution is -0.391. The van der Waals surface area contributed by atoms with Gasteiger partial charge in [-0.05, 0) is 39.4 Å². The van der Waals surface area contributed by atoms with Crippen molar-refractivity contribution in [3.63, 3.8) is 0 Å². The molecule has 0 saturated carbocycles. The van der Waals surface area contributed by atoms with Crippen LogP contribution >= 0.6 is 15.9 Å². The maximum Gasteiger partial charge on any atom is 0.351 e. The van der Waals surface area contributed by atoms with E-state index >= 15 is 0 Å². The first-order valence-corrected chi connectivity index (χ1v) is 5.24. The van der Waals surface area contributed by atoms with E-state index in [1.54, 1.807) is 12.3 Å². The second-order valence-corrected chi connectivity index (χ2v) is 3.90. The zero-order chi connectivity index (χ0) is 11.0. The number of pyridine rings is 1. The molecule has 15 heavy (non-hydrogen) atoms. The molecule has 0 fully saturated rings. The van der Waals surface area contributed by atoms with E-state index in [1.165, 1.54) is 4.40 Å². The molecule has 0 saturated heterocycles. The van der Waals surface area contributed by atoms with Gasteiger partial charge in [0.15, 0.2) is 0 Å². The van der Waals surface area contributed by atoms with E-state index in [0.29, 0.717) is 17.8 Å². The summed E-state index contributed by atoms with van der Waals surface area (Å²) in [6.45, 7) is 1.85. The summed E-state index contributed by atoms with van der Waals surface area (Å²) in [7, 11) is 0. The highest BCUT2D eigenvalue weighted by molar-refractivity contribution is 9.10. The Kier molecular flexibility index (Phi) is 2.44. The number of rotatable bonds is 2. The van der Waals surface area contributed by atoms with Crippen molar-refractivity contribution in [2.24, 2.45) is 0 Å². The maximum atomic E-state index is 10.9. The summed E-state index contributed by atoms with van der Waals surface area (Å²) in [5.74, 6) is 0.0498. The van der Waals surface area contributed by atoms with E-state index in [9.17, 15) is 10.1 Å². The number of halogens is 1. The summed E-state index contributed by atoms with van der Waals surface area (Å²) in [5, 5.41) is 10.9. The molecule has 78 valence electrons. The highest BCUT2D eigenvalue weighted by Crippen LogP contribution is 2.25. The Hall–Kier alpha value is -1.43. The van der Waals surface area contributed by atoms with Gasteiger partial charge in [0.25, 0.3) is 0 Å². The topological polar surface area (TPSA) is 60.4 Å². The maximum absolute atomic E-state index is 10.9. The Bertz CT molecular complexity index is 535. The van der Waals surface area contributed by atoms with Crippen molar-refractivity contribution in [1.29, 1.82) is 0 Å². The van der Waals surface area contributed by atoms with Crippen LogP contribution in [0, 0.1) is 10.1 Å². The van der Waals surface area contributed by atoms with E-state index in [1.807, 2.05) is 13.0 Å². The van der Waals surface area contributed by atoms with Gasteiger partial charge in [-0.2, -0.15) is 4.40 Å². The summed E-state index contributed by atoms with van der Waals surface area (Å²) < 4.78 is 2.25. The summed E-state index contributed by atoms with van der Waals surface area (Å²) >= 11 is 3.32. The van der Waals surface area contributed by atoms with Gasteiger partial charge >= 0.3 is 5.82 Å². The van der Waals surface area contributed by atoms with E-state index in [4.69, 9.17) is 0 Å². The molecule has 0 spiro atoms. The molecular weight excluding hydrogens is 262 g/mol. The van der Waals surface area contributed by atoms with Gasteiger partial charge < -0.3 is 10.1 Å². The number of nitrogens with zero attached hydrogens (tertiary/aromatic N) is 3. The summed E-state index contributed by atoms with van der Waals surface area (Å²) in [5.41, 5.74) is 1.09. The van der Waals surface area contributed by atoms with Gasteiger partial charge in [0.2, 0.25) is 5.65 Å². The molecule has 0 aliphatic carbocycles. The van der Waals surface area contributed by atoms with Crippen molar-refractivity contribution < 1.29 is 4.92 Å². The molecule has 6 heteroatoms. The molecule has 0 radical (unpaired) electrons. The van der Waals surface area contributed by atoms with Crippen LogP contribution in [0.1, 0.15) is 12.6 Å². The highest BCUT2D eigenvalue weighted by atomic mass is 79.9. The van der Waals surface area contributed by atoms with Crippen LogP contribution < -0.4 is 0 Å². The first kappa shape index (κ1) is 10.1. The van der Waals surface area contributed by atoms with Crippen LogP contribution in [0.5, 0.6) is 0 Å².